The van der Waals surface area contributed by atoms with Gasteiger partial charge in [0.1, 0.15) is 6.61 Å². The van der Waals surface area contributed by atoms with Gasteiger partial charge in [-0.2, -0.15) is 0 Å². The molecule has 1 amide bonds. The van der Waals surface area contributed by atoms with E-state index in [0.29, 0.717) is 18.4 Å². The Bertz CT molecular complexity index is 627. The van der Waals surface area contributed by atoms with Crippen LogP contribution in [0.2, 0.25) is 0 Å². The average molecular weight is 309 g/mol. The third-order valence-electron chi connectivity index (χ3n) is 4.66. The first-order valence-electron chi connectivity index (χ1n) is 8.28. The van der Waals surface area contributed by atoms with Crippen molar-refractivity contribution in [1.29, 1.82) is 0 Å². The Kier molecular flexibility index (Phi) is 4.96. The molecular weight excluding hydrogens is 286 g/mol. The maximum atomic E-state index is 12.4. The molecule has 1 fully saturated rings. The molecule has 2 atom stereocenters. The second-order valence-corrected chi connectivity index (χ2v) is 6.13. The third-order valence-corrected chi connectivity index (χ3v) is 4.66. The van der Waals surface area contributed by atoms with E-state index in [1.54, 1.807) is 0 Å². The van der Waals surface area contributed by atoms with E-state index in [4.69, 9.17) is 4.74 Å². The minimum Gasteiger partial charge on any atom is -0.445 e. The third kappa shape index (κ3) is 3.73. The molecule has 1 saturated heterocycles. The second-order valence-electron chi connectivity index (χ2n) is 6.13. The fourth-order valence-electron chi connectivity index (χ4n) is 3.32. The number of carbonyl (C=O) groups excluding carboxylic acids is 1. The van der Waals surface area contributed by atoms with Crippen molar-refractivity contribution in [3.8, 4) is 0 Å². The summed E-state index contributed by atoms with van der Waals surface area (Å²) < 4.78 is 5.48. The highest BCUT2D eigenvalue weighted by Gasteiger charge is 2.35. The topological polar surface area (TPSA) is 29.5 Å². The highest BCUT2D eigenvalue weighted by molar-refractivity contribution is 5.68. The van der Waals surface area contributed by atoms with Gasteiger partial charge in [-0.3, -0.25) is 0 Å². The number of amides is 1. The zero-order valence-electron chi connectivity index (χ0n) is 13.5. The SMILES string of the molecule is CCC1CN(C(=O)OCc2ccccc2)CC1c1ccccc1. The van der Waals surface area contributed by atoms with E-state index in [0.717, 1.165) is 25.1 Å². The Morgan fingerprint density at radius 2 is 1.70 bits per heavy atom. The predicted molar refractivity (Wildman–Crippen MR) is 91.2 cm³/mol. The monoisotopic (exact) mass is 309 g/mol. The molecule has 1 aliphatic rings. The summed E-state index contributed by atoms with van der Waals surface area (Å²) in [4.78, 5) is 14.2. The number of nitrogens with zero attached hydrogens (tertiary/aromatic N) is 1. The molecule has 23 heavy (non-hydrogen) atoms. The van der Waals surface area contributed by atoms with Gasteiger partial charge in [-0.1, -0.05) is 74.0 Å². The van der Waals surface area contributed by atoms with Crippen LogP contribution in [0.1, 0.15) is 30.4 Å². The molecule has 2 aromatic carbocycles. The van der Waals surface area contributed by atoms with Gasteiger partial charge in [-0.25, -0.2) is 4.79 Å². The molecule has 3 heteroatoms. The summed E-state index contributed by atoms with van der Waals surface area (Å²) in [5.41, 5.74) is 2.34. The van der Waals surface area contributed by atoms with Crippen LogP contribution < -0.4 is 0 Å². The maximum Gasteiger partial charge on any atom is 0.410 e. The first kappa shape index (κ1) is 15.6. The van der Waals surface area contributed by atoms with Crippen LogP contribution >= 0.6 is 0 Å². The lowest BCUT2D eigenvalue weighted by atomic mass is 9.87. The van der Waals surface area contributed by atoms with E-state index in [1.165, 1.54) is 5.56 Å². The molecule has 0 aliphatic carbocycles. The van der Waals surface area contributed by atoms with Crippen LogP contribution in [0, 0.1) is 5.92 Å². The Morgan fingerprint density at radius 3 is 2.35 bits per heavy atom. The quantitative estimate of drug-likeness (QED) is 0.835. The van der Waals surface area contributed by atoms with Crippen molar-refractivity contribution in [3.63, 3.8) is 0 Å². The molecule has 3 nitrogen and oxygen atoms in total. The van der Waals surface area contributed by atoms with Gasteiger partial charge in [0.15, 0.2) is 0 Å². The van der Waals surface area contributed by atoms with E-state index in [2.05, 4.69) is 31.2 Å². The summed E-state index contributed by atoms with van der Waals surface area (Å²) in [5.74, 6) is 0.909. The minimum atomic E-state index is -0.203. The van der Waals surface area contributed by atoms with E-state index in [1.807, 2.05) is 41.3 Å². The molecule has 0 saturated carbocycles. The summed E-state index contributed by atoms with van der Waals surface area (Å²) in [7, 11) is 0. The first-order valence-corrected chi connectivity index (χ1v) is 8.28. The fraction of sp³-hybridized carbons (Fsp3) is 0.350. The van der Waals surface area contributed by atoms with Crippen molar-refractivity contribution >= 4 is 6.09 Å². The van der Waals surface area contributed by atoms with Gasteiger partial charge >= 0.3 is 6.09 Å². The van der Waals surface area contributed by atoms with Crippen molar-refractivity contribution in [2.75, 3.05) is 13.1 Å². The van der Waals surface area contributed by atoms with Gasteiger partial charge in [0, 0.05) is 19.0 Å². The summed E-state index contributed by atoms with van der Waals surface area (Å²) in [6.07, 6.45) is 0.868. The number of hydrogen-bond acceptors (Lipinski definition) is 2. The molecule has 0 spiro atoms. The highest BCUT2D eigenvalue weighted by atomic mass is 16.6. The first-order chi connectivity index (χ1) is 11.3. The highest BCUT2D eigenvalue weighted by Crippen LogP contribution is 2.34. The summed E-state index contributed by atoms with van der Waals surface area (Å²) in [5, 5.41) is 0. The number of rotatable bonds is 4. The van der Waals surface area contributed by atoms with Crippen molar-refractivity contribution in [1.82, 2.24) is 4.90 Å². The standard InChI is InChI=1S/C20H23NO2/c1-2-17-13-21(14-19(17)18-11-7-4-8-12-18)20(22)23-15-16-9-5-3-6-10-16/h3-12,17,19H,2,13-15H2,1H3. The molecule has 120 valence electrons. The maximum absolute atomic E-state index is 12.4. The van der Waals surface area contributed by atoms with Crippen LogP contribution in [0.3, 0.4) is 0 Å². The second kappa shape index (κ2) is 7.32. The number of benzene rings is 2. The Hall–Kier alpha value is -2.29. The molecule has 2 unspecified atom stereocenters. The van der Waals surface area contributed by atoms with Gasteiger partial charge in [0.05, 0.1) is 0 Å². The molecule has 0 bridgehead atoms. The van der Waals surface area contributed by atoms with E-state index < -0.39 is 0 Å². The predicted octanol–water partition coefficient (Wildman–Crippen LogP) is 4.45. The average Bonchev–Trinajstić information content (AvgIpc) is 3.06. The Balaban J connectivity index is 1.61. The lowest BCUT2D eigenvalue weighted by Crippen LogP contribution is -2.29. The zero-order valence-corrected chi connectivity index (χ0v) is 13.5. The van der Waals surface area contributed by atoms with Gasteiger partial charge in [-0.15, -0.1) is 0 Å². The minimum absolute atomic E-state index is 0.203. The van der Waals surface area contributed by atoms with Gasteiger partial charge < -0.3 is 9.64 Å². The van der Waals surface area contributed by atoms with Crippen molar-refractivity contribution < 1.29 is 9.53 Å². The van der Waals surface area contributed by atoms with Crippen LogP contribution in [0.4, 0.5) is 4.79 Å². The summed E-state index contributed by atoms with van der Waals surface area (Å²) in [6.45, 7) is 4.06. The molecule has 1 aliphatic heterocycles. The Morgan fingerprint density at radius 1 is 1.04 bits per heavy atom. The Labute approximate surface area is 137 Å². The molecule has 0 aromatic heterocycles. The van der Waals surface area contributed by atoms with Crippen LogP contribution in [-0.2, 0) is 11.3 Å². The molecule has 3 rings (SSSR count). The number of ether oxygens (including phenoxy) is 1. The van der Waals surface area contributed by atoms with Crippen molar-refractivity contribution in [2.45, 2.75) is 25.9 Å². The molecule has 0 radical (unpaired) electrons. The molecular formula is C20H23NO2. The van der Waals surface area contributed by atoms with Gasteiger partial charge in [-0.05, 0) is 17.0 Å². The normalized spacial score (nSPS) is 20.5. The van der Waals surface area contributed by atoms with Gasteiger partial charge in [0.2, 0.25) is 0 Å². The van der Waals surface area contributed by atoms with E-state index >= 15 is 0 Å². The molecule has 0 N–H and O–H groups in total. The van der Waals surface area contributed by atoms with Crippen molar-refractivity contribution in [2.24, 2.45) is 5.92 Å². The van der Waals surface area contributed by atoms with Crippen molar-refractivity contribution in [3.05, 3.63) is 71.8 Å². The number of hydrogen-bond donors (Lipinski definition) is 0. The molecule has 1 heterocycles. The van der Waals surface area contributed by atoms with Crippen LogP contribution in [-0.4, -0.2) is 24.1 Å². The van der Waals surface area contributed by atoms with E-state index in [-0.39, 0.29) is 6.09 Å². The molecule has 2 aromatic rings. The van der Waals surface area contributed by atoms with Crippen LogP contribution in [0.5, 0.6) is 0 Å². The smallest absolute Gasteiger partial charge is 0.410 e. The lowest BCUT2D eigenvalue weighted by Gasteiger charge is -2.16. The largest absolute Gasteiger partial charge is 0.445 e. The van der Waals surface area contributed by atoms with Crippen LogP contribution in [0.25, 0.3) is 0 Å². The summed E-state index contributed by atoms with van der Waals surface area (Å²) in [6, 6.07) is 20.3. The van der Waals surface area contributed by atoms with E-state index in [9.17, 15) is 4.79 Å². The van der Waals surface area contributed by atoms with Gasteiger partial charge in [0.25, 0.3) is 0 Å². The number of carbonyl (C=O) groups is 1. The van der Waals surface area contributed by atoms with Crippen LogP contribution in [0.15, 0.2) is 60.7 Å². The zero-order chi connectivity index (χ0) is 16.1. The lowest BCUT2D eigenvalue weighted by molar-refractivity contribution is 0.103. The fourth-order valence-corrected chi connectivity index (χ4v) is 3.32. The summed E-state index contributed by atoms with van der Waals surface area (Å²) >= 11 is 0. The number of likely N-dealkylation sites (tertiary alicyclic amines) is 1.